The number of phenols is 1. The summed E-state index contributed by atoms with van der Waals surface area (Å²) >= 11 is 7.32. The molecule has 0 saturated carbocycles. The van der Waals surface area contributed by atoms with Crippen LogP contribution in [0.2, 0.25) is 5.02 Å². The summed E-state index contributed by atoms with van der Waals surface area (Å²) < 4.78 is 9.66. The van der Waals surface area contributed by atoms with E-state index in [0.29, 0.717) is 17.2 Å². The summed E-state index contributed by atoms with van der Waals surface area (Å²) in [6.07, 6.45) is 0.307. The number of hydrogen-bond donors (Lipinski definition) is 2. The molecule has 132 valence electrons. The lowest BCUT2D eigenvalue weighted by atomic mass is 9.89. The number of carbonyl (C=O) groups excluding carboxylic acids is 1. The van der Waals surface area contributed by atoms with Crippen molar-refractivity contribution in [3.05, 3.63) is 57.9 Å². The Morgan fingerprint density at radius 2 is 2.04 bits per heavy atom. The number of rotatable bonds is 3. The van der Waals surface area contributed by atoms with Crippen molar-refractivity contribution in [1.29, 1.82) is 0 Å². The Bertz CT molecular complexity index is 985. The van der Waals surface area contributed by atoms with Crippen LogP contribution < -0.4 is 10.1 Å². The van der Waals surface area contributed by atoms with Crippen LogP contribution >= 0.6 is 23.1 Å². The number of nitrogens with one attached hydrogen (secondary N) is 1. The Hall–Kier alpha value is -2.57. The summed E-state index contributed by atoms with van der Waals surface area (Å²) in [5.74, 6) is 0.225. The number of anilines is 1. The van der Waals surface area contributed by atoms with Gasteiger partial charge in [0.2, 0.25) is 5.91 Å². The van der Waals surface area contributed by atoms with E-state index in [-0.39, 0.29) is 17.6 Å². The summed E-state index contributed by atoms with van der Waals surface area (Å²) in [6.45, 7) is 0. The van der Waals surface area contributed by atoms with Gasteiger partial charge in [-0.25, -0.2) is 0 Å². The van der Waals surface area contributed by atoms with Crippen LogP contribution in [0.4, 0.5) is 5.69 Å². The van der Waals surface area contributed by atoms with Gasteiger partial charge in [0.25, 0.3) is 0 Å². The van der Waals surface area contributed by atoms with E-state index in [4.69, 9.17) is 16.3 Å². The van der Waals surface area contributed by atoms with Crippen LogP contribution in [0.15, 0.2) is 42.5 Å². The van der Waals surface area contributed by atoms with Gasteiger partial charge in [-0.05, 0) is 41.4 Å². The summed E-state index contributed by atoms with van der Waals surface area (Å²) in [5, 5.41) is 13.7. The number of halogens is 1. The van der Waals surface area contributed by atoms with Crippen molar-refractivity contribution in [2.45, 2.75) is 12.3 Å². The fraction of sp³-hybridized carbons (Fsp3) is 0.158. The predicted molar refractivity (Wildman–Crippen MR) is 102 cm³/mol. The number of aromatic nitrogens is 1. The minimum atomic E-state index is -0.158. The molecule has 1 aromatic heterocycles. The number of benzene rings is 2. The van der Waals surface area contributed by atoms with Crippen LogP contribution in [0, 0.1) is 0 Å². The molecule has 26 heavy (non-hydrogen) atoms. The van der Waals surface area contributed by atoms with E-state index in [2.05, 4.69) is 9.69 Å². The highest BCUT2D eigenvalue weighted by atomic mass is 35.5. The molecule has 0 saturated heterocycles. The summed E-state index contributed by atoms with van der Waals surface area (Å²) in [6, 6.07) is 12.6. The molecule has 1 aliphatic heterocycles. The van der Waals surface area contributed by atoms with Gasteiger partial charge in [0.05, 0.1) is 17.7 Å². The standard InChI is InChI=1S/C19H15ClN2O3S/c1-25-15-7-4-11(8-14(15)23)13-9-16(24)21-18-17(22-26-19(13)18)10-2-5-12(20)6-3-10/h2-8,13,23H,9H2,1H3,(H,21,24). The molecular weight excluding hydrogens is 372 g/mol. The zero-order valence-corrected chi connectivity index (χ0v) is 15.4. The maximum absolute atomic E-state index is 12.3. The summed E-state index contributed by atoms with van der Waals surface area (Å²) in [4.78, 5) is 13.3. The van der Waals surface area contributed by atoms with Crippen molar-refractivity contribution >= 4 is 34.7 Å². The Morgan fingerprint density at radius 3 is 2.73 bits per heavy atom. The number of carbonyl (C=O) groups is 1. The molecule has 3 aromatic rings. The van der Waals surface area contributed by atoms with Crippen molar-refractivity contribution in [2.75, 3.05) is 12.4 Å². The average Bonchev–Trinajstić information content (AvgIpc) is 3.05. The monoisotopic (exact) mass is 386 g/mol. The minimum Gasteiger partial charge on any atom is -0.504 e. The molecular formula is C19H15ClN2O3S. The number of methoxy groups -OCH3 is 1. The Labute approximate surface area is 159 Å². The van der Waals surface area contributed by atoms with Gasteiger partial charge in [0, 0.05) is 22.9 Å². The van der Waals surface area contributed by atoms with Crippen LogP contribution in [0.3, 0.4) is 0 Å². The molecule has 0 fully saturated rings. The van der Waals surface area contributed by atoms with Gasteiger partial charge in [-0.2, -0.15) is 4.37 Å². The van der Waals surface area contributed by atoms with E-state index in [0.717, 1.165) is 27.4 Å². The average molecular weight is 387 g/mol. The van der Waals surface area contributed by atoms with Crippen LogP contribution in [0.5, 0.6) is 11.5 Å². The van der Waals surface area contributed by atoms with Crippen LogP contribution in [0.25, 0.3) is 11.3 Å². The number of amides is 1. The lowest BCUT2D eigenvalue weighted by molar-refractivity contribution is -0.116. The van der Waals surface area contributed by atoms with Gasteiger partial charge in [0.15, 0.2) is 11.5 Å². The van der Waals surface area contributed by atoms with Crippen molar-refractivity contribution in [3.8, 4) is 22.8 Å². The van der Waals surface area contributed by atoms with E-state index in [9.17, 15) is 9.90 Å². The molecule has 4 rings (SSSR count). The SMILES string of the molecule is COc1ccc(C2CC(=O)Nc3c(-c4ccc(Cl)cc4)nsc32)cc1O. The predicted octanol–water partition coefficient (Wildman–Crippen LogP) is 4.65. The summed E-state index contributed by atoms with van der Waals surface area (Å²) in [7, 11) is 1.50. The van der Waals surface area contributed by atoms with E-state index >= 15 is 0 Å². The minimum absolute atomic E-state index is 0.0555. The molecule has 1 aliphatic rings. The second-order valence-electron chi connectivity index (χ2n) is 6.01. The number of nitrogens with zero attached hydrogens (tertiary/aromatic N) is 1. The first-order valence-corrected chi connectivity index (χ1v) is 9.14. The van der Waals surface area contributed by atoms with Gasteiger partial charge in [-0.1, -0.05) is 29.8 Å². The van der Waals surface area contributed by atoms with E-state index < -0.39 is 0 Å². The molecule has 2 N–H and O–H groups in total. The lowest BCUT2D eigenvalue weighted by Gasteiger charge is -2.23. The molecule has 1 atom stereocenters. The Balaban J connectivity index is 1.78. The fourth-order valence-corrected chi connectivity index (χ4v) is 4.23. The first-order valence-electron chi connectivity index (χ1n) is 7.99. The van der Waals surface area contributed by atoms with Gasteiger partial charge in [0.1, 0.15) is 5.69 Å². The highest BCUT2D eigenvalue weighted by Gasteiger charge is 2.32. The quantitative estimate of drug-likeness (QED) is 0.687. The smallest absolute Gasteiger partial charge is 0.225 e. The first-order chi connectivity index (χ1) is 12.6. The molecule has 2 aromatic carbocycles. The highest BCUT2D eigenvalue weighted by Crippen LogP contribution is 2.45. The molecule has 7 heteroatoms. The first kappa shape index (κ1) is 16.9. The van der Waals surface area contributed by atoms with Crippen molar-refractivity contribution < 1.29 is 14.6 Å². The Morgan fingerprint density at radius 1 is 1.27 bits per heavy atom. The number of hydrogen-bond acceptors (Lipinski definition) is 5. The maximum Gasteiger partial charge on any atom is 0.225 e. The zero-order chi connectivity index (χ0) is 18.3. The molecule has 0 bridgehead atoms. The number of aromatic hydroxyl groups is 1. The highest BCUT2D eigenvalue weighted by molar-refractivity contribution is 7.07. The third kappa shape index (κ3) is 2.91. The molecule has 1 unspecified atom stereocenters. The van der Waals surface area contributed by atoms with Gasteiger partial charge < -0.3 is 15.2 Å². The van der Waals surface area contributed by atoms with E-state index in [1.54, 1.807) is 24.3 Å². The van der Waals surface area contributed by atoms with Crippen LogP contribution in [-0.4, -0.2) is 22.5 Å². The van der Waals surface area contributed by atoms with Crippen molar-refractivity contribution in [1.82, 2.24) is 4.37 Å². The van der Waals surface area contributed by atoms with Crippen LogP contribution in [0.1, 0.15) is 22.8 Å². The van der Waals surface area contributed by atoms with Gasteiger partial charge in [-0.3, -0.25) is 4.79 Å². The maximum atomic E-state index is 12.3. The third-order valence-corrected chi connectivity index (χ3v) is 5.62. The second-order valence-corrected chi connectivity index (χ2v) is 7.25. The number of phenolic OH excluding ortho intramolecular Hbond substituents is 1. The second kappa shape index (κ2) is 6.63. The largest absolute Gasteiger partial charge is 0.504 e. The third-order valence-electron chi connectivity index (χ3n) is 4.41. The number of ether oxygens (including phenoxy) is 1. The van der Waals surface area contributed by atoms with Gasteiger partial charge >= 0.3 is 0 Å². The molecule has 1 amide bonds. The Kier molecular flexibility index (Phi) is 4.30. The number of fused-ring (bicyclic) bond motifs is 1. The summed E-state index contributed by atoms with van der Waals surface area (Å²) in [5.41, 5.74) is 3.21. The zero-order valence-electron chi connectivity index (χ0n) is 13.8. The van der Waals surface area contributed by atoms with E-state index in [1.165, 1.54) is 18.6 Å². The van der Waals surface area contributed by atoms with Crippen molar-refractivity contribution in [3.63, 3.8) is 0 Å². The molecule has 0 radical (unpaired) electrons. The van der Waals surface area contributed by atoms with Crippen molar-refractivity contribution in [2.24, 2.45) is 0 Å². The normalized spacial score (nSPS) is 16.1. The molecule has 0 spiro atoms. The molecule has 2 heterocycles. The molecule has 5 nitrogen and oxygen atoms in total. The van der Waals surface area contributed by atoms with E-state index in [1.807, 2.05) is 18.2 Å². The lowest BCUT2D eigenvalue weighted by Crippen LogP contribution is -2.22. The van der Waals surface area contributed by atoms with Crippen LogP contribution in [-0.2, 0) is 4.79 Å². The fourth-order valence-electron chi connectivity index (χ4n) is 3.13. The topological polar surface area (TPSA) is 71.5 Å². The van der Waals surface area contributed by atoms with Gasteiger partial charge in [-0.15, -0.1) is 0 Å². The molecule has 0 aliphatic carbocycles.